The van der Waals surface area contributed by atoms with Gasteiger partial charge in [0, 0.05) is 25.4 Å². The maximum absolute atomic E-state index is 12.2. The normalized spacial score (nSPS) is 23.8. The van der Waals surface area contributed by atoms with Crippen LogP contribution in [-0.2, 0) is 19.9 Å². The highest BCUT2D eigenvalue weighted by molar-refractivity contribution is 7.93. The van der Waals surface area contributed by atoms with E-state index in [1.165, 1.54) is 4.31 Å². The molecule has 1 heterocycles. The van der Waals surface area contributed by atoms with E-state index >= 15 is 0 Å². The lowest BCUT2D eigenvalue weighted by molar-refractivity contribution is 0.328. The molecular formula is C10H22N2O4S2. The van der Waals surface area contributed by atoms with Crippen LogP contribution in [0.2, 0.25) is 0 Å². The molecule has 0 aromatic carbocycles. The van der Waals surface area contributed by atoms with Crippen LogP contribution in [0.4, 0.5) is 0 Å². The first-order valence-corrected chi connectivity index (χ1v) is 9.80. The van der Waals surface area contributed by atoms with E-state index in [1.807, 2.05) is 0 Å². The lowest BCUT2D eigenvalue weighted by atomic mass is 10.1. The second kappa shape index (κ2) is 6.31. The van der Waals surface area contributed by atoms with E-state index in [-0.39, 0.29) is 24.1 Å². The summed E-state index contributed by atoms with van der Waals surface area (Å²) in [5, 5.41) is 0. The molecule has 0 bridgehead atoms. The van der Waals surface area contributed by atoms with E-state index in [0.29, 0.717) is 6.54 Å². The Bertz CT molecular complexity index is 458. The van der Waals surface area contributed by atoms with Gasteiger partial charge in [0.1, 0.15) is 9.84 Å². The monoisotopic (exact) mass is 298 g/mol. The van der Waals surface area contributed by atoms with Crippen molar-refractivity contribution in [2.24, 2.45) is 5.73 Å². The summed E-state index contributed by atoms with van der Waals surface area (Å²) < 4.78 is 47.9. The summed E-state index contributed by atoms with van der Waals surface area (Å²) in [6.45, 7) is 0.742. The third-order valence-corrected chi connectivity index (χ3v) is 6.28. The number of nitrogens with zero attached hydrogens (tertiary/aromatic N) is 1. The molecule has 2 N–H and O–H groups in total. The second-order valence-corrected chi connectivity index (χ2v) is 9.10. The summed E-state index contributed by atoms with van der Waals surface area (Å²) >= 11 is 0. The maximum atomic E-state index is 12.2. The van der Waals surface area contributed by atoms with Gasteiger partial charge >= 0.3 is 0 Å². The highest BCUT2D eigenvalue weighted by atomic mass is 32.2. The van der Waals surface area contributed by atoms with Crippen molar-refractivity contribution < 1.29 is 16.8 Å². The third kappa shape index (κ3) is 4.83. The molecule has 18 heavy (non-hydrogen) atoms. The molecule has 0 amide bonds. The standard InChI is InChI=1S/C10H22N2O4S2/c1-17(13,14)7-8-18(15,16)12-6-4-2-3-5-10(12)9-11/h10H,2-9,11H2,1H3. The number of sulfonamides is 1. The highest BCUT2D eigenvalue weighted by Gasteiger charge is 2.30. The van der Waals surface area contributed by atoms with Gasteiger partial charge < -0.3 is 5.73 Å². The Morgan fingerprint density at radius 3 is 2.33 bits per heavy atom. The summed E-state index contributed by atoms with van der Waals surface area (Å²) in [5.41, 5.74) is 5.62. The minimum absolute atomic E-state index is 0.183. The molecule has 1 fully saturated rings. The molecule has 1 rings (SSSR count). The van der Waals surface area contributed by atoms with E-state index < -0.39 is 19.9 Å². The van der Waals surface area contributed by atoms with Gasteiger partial charge in [0.15, 0.2) is 0 Å². The summed E-state index contributed by atoms with van der Waals surface area (Å²) in [5.74, 6) is -0.675. The van der Waals surface area contributed by atoms with Crippen LogP contribution in [-0.4, -0.2) is 58.0 Å². The Kier molecular flexibility index (Phi) is 5.57. The fraction of sp³-hybridized carbons (Fsp3) is 1.00. The molecule has 1 aliphatic rings. The van der Waals surface area contributed by atoms with Gasteiger partial charge in [-0.3, -0.25) is 0 Å². The summed E-state index contributed by atoms with van der Waals surface area (Å²) in [6.07, 6.45) is 4.59. The van der Waals surface area contributed by atoms with Gasteiger partial charge in [-0.05, 0) is 12.8 Å². The third-order valence-electron chi connectivity index (χ3n) is 3.16. The van der Waals surface area contributed by atoms with Crippen LogP contribution < -0.4 is 5.73 Å². The van der Waals surface area contributed by atoms with Crippen molar-refractivity contribution in [3.8, 4) is 0 Å². The van der Waals surface area contributed by atoms with Crippen molar-refractivity contribution >= 4 is 19.9 Å². The predicted octanol–water partition coefficient (Wildman–Crippen LogP) is -0.436. The average molecular weight is 298 g/mol. The molecule has 6 nitrogen and oxygen atoms in total. The van der Waals surface area contributed by atoms with Gasteiger partial charge in [-0.15, -0.1) is 0 Å². The molecule has 0 aromatic heterocycles. The average Bonchev–Trinajstić information content (AvgIpc) is 2.50. The number of hydrogen-bond donors (Lipinski definition) is 1. The Hall–Kier alpha value is -0.180. The van der Waals surface area contributed by atoms with Crippen molar-refractivity contribution in [3.63, 3.8) is 0 Å². The van der Waals surface area contributed by atoms with Crippen molar-refractivity contribution in [2.45, 2.75) is 31.7 Å². The van der Waals surface area contributed by atoms with E-state index in [9.17, 15) is 16.8 Å². The summed E-state index contributed by atoms with van der Waals surface area (Å²) in [6, 6.07) is -0.183. The molecular weight excluding hydrogens is 276 g/mol. The lowest BCUT2D eigenvalue weighted by Gasteiger charge is -2.27. The van der Waals surface area contributed by atoms with Gasteiger partial charge in [-0.25, -0.2) is 16.8 Å². The molecule has 0 aliphatic carbocycles. The minimum Gasteiger partial charge on any atom is -0.329 e. The zero-order valence-electron chi connectivity index (χ0n) is 10.7. The first kappa shape index (κ1) is 15.9. The maximum Gasteiger partial charge on any atom is 0.215 e. The van der Waals surface area contributed by atoms with Crippen molar-refractivity contribution in [1.82, 2.24) is 4.31 Å². The smallest absolute Gasteiger partial charge is 0.215 e. The summed E-state index contributed by atoms with van der Waals surface area (Å²) in [7, 11) is -6.79. The first-order valence-electron chi connectivity index (χ1n) is 6.13. The van der Waals surface area contributed by atoms with Gasteiger partial charge in [0.05, 0.1) is 11.5 Å². The molecule has 0 spiro atoms. The van der Waals surface area contributed by atoms with Crippen molar-refractivity contribution in [3.05, 3.63) is 0 Å². The van der Waals surface area contributed by atoms with Crippen LogP contribution in [0.25, 0.3) is 0 Å². The van der Waals surface area contributed by atoms with Crippen LogP contribution >= 0.6 is 0 Å². The largest absolute Gasteiger partial charge is 0.329 e. The SMILES string of the molecule is CS(=O)(=O)CCS(=O)(=O)N1CCCCCC1CN. The van der Waals surface area contributed by atoms with E-state index in [0.717, 1.165) is 31.9 Å². The molecule has 108 valence electrons. The second-order valence-electron chi connectivity index (χ2n) is 4.80. The molecule has 8 heteroatoms. The Labute approximate surface area is 110 Å². The van der Waals surface area contributed by atoms with Crippen LogP contribution in [0.1, 0.15) is 25.7 Å². The topological polar surface area (TPSA) is 97.5 Å². The quantitative estimate of drug-likeness (QED) is 0.742. The van der Waals surface area contributed by atoms with Crippen molar-refractivity contribution in [2.75, 3.05) is 30.9 Å². The number of hydrogen-bond acceptors (Lipinski definition) is 5. The molecule has 0 saturated carbocycles. The lowest BCUT2D eigenvalue weighted by Crippen LogP contribution is -2.45. The molecule has 1 aliphatic heterocycles. The fourth-order valence-electron chi connectivity index (χ4n) is 2.13. The number of sulfone groups is 1. The van der Waals surface area contributed by atoms with E-state index in [4.69, 9.17) is 5.73 Å². The highest BCUT2D eigenvalue weighted by Crippen LogP contribution is 2.19. The van der Waals surface area contributed by atoms with Crippen molar-refractivity contribution in [1.29, 1.82) is 0 Å². The Morgan fingerprint density at radius 2 is 1.78 bits per heavy atom. The Morgan fingerprint density at radius 1 is 1.11 bits per heavy atom. The predicted molar refractivity (Wildman–Crippen MR) is 71.5 cm³/mol. The molecule has 1 atom stereocenters. The zero-order valence-corrected chi connectivity index (χ0v) is 12.3. The van der Waals surface area contributed by atoms with Gasteiger partial charge in [-0.2, -0.15) is 4.31 Å². The van der Waals surface area contributed by atoms with Crippen LogP contribution in [0.15, 0.2) is 0 Å². The van der Waals surface area contributed by atoms with E-state index in [1.54, 1.807) is 0 Å². The first-order chi connectivity index (χ1) is 8.26. The molecule has 1 unspecified atom stereocenters. The van der Waals surface area contributed by atoms with Crippen LogP contribution in [0, 0.1) is 0 Å². The zero-order chi connectivity index (χ0) is 13.8. The number of rotatable bonds is 5. The summed E-state index contributed by atoms with van der Waals surface area (Å²) in [4.78, 5) is 0. The van der Waals surface area contributed by atoms with Gasteiger partial charge in [0.25, 0.3) is 0 Å². The Balaban J connectivity index is 2.80. The fourth-order valence-corrected chi connectivity index (χ4v) is 5.47. The molecule has 1 saturated heterocycles. The molecule has 0 radical (unpaired) electrons. The minimum atomic E-state index is -3.53. The van der Waals surface area contributed by atoms with Crippen LogP contribution in [0.3, 0.4) is 0 Å². The van der Waals surface area contributed by atoms with Gasteiger partial charge in [-0.1, -0.05) is 12.8 Å². The van der Waals surface area contributed by atoms with Gasteiger partial charge in [0.2, 0.25) is 10.0 Å². The number of nitrogens with two attached hydrogens (primary N) is 1. The van der Waals surface area contributed by atoms with Crippen LogP contribution in [0.5, 0.6) is 0 Å². The molecule has 0 aromatic rings. The van der Waals surface area contributed by atoms with E-state index in [2.05, 4.69) is 0 Å².